The standard InChI is InChI=1S/C17H20N2O2/c1-3-11-18-14-9-7-13(8-10-14)17(20)19-15-5-4-6-16(12-15)21-2/h4-10,12,18H,3,11H2,1-2H3,(H,19,20). The fraction of sp³-hybridized carbons (Fsp3) is 0.235. The van der Waals surface area contributed by atoms with Crippen LogP contribution < -0.4 is 15.4 Å². The summed E-state index contributed by atoms with van der Waals surface area (Å²) in [6.07, 6.45) is 1.07. The number of rotatable bonds is 6. The van der Waals surface area contributed by atoms with Crippen LogP contribution in [0.4, 0.5) is 11.4 Å². The zero-order chi connectivity index (χ0) is 15.1. The summed E-state index contributed by atoms with van der Waals surface area (Å²) < 4.78 is 5.14. The molecule has 0 saturated carbocycles. The first-order valence-corrected chi connectivity index (χ1v) is 7.02. The lowest BCUT2D eigenvalue weighted by molar-refractivity contribution is 0.102. The molecule has 0 spiro atoms. The minimum atomic E-state index is -0.134. The predicted molar refractivity (Wildman–Crippen MR) is 86.2 cm³/mol. The zero-order valence-electron chi connectivity index (χ0n) is 12.3. The molecule has 110 valence electrons. The Morgan fingerprint density at radius 3 is 2.52 bits per heavy atom. The van der Waals surface area contributed by atoms with Crippen molar-refractivity contribution in [2.24, 2.45) is 0 Å². The summed E-state index contributed by atoms with van der Waals surface area (Å²) in [7, 11) is 1.60. The first-order valence-electron chi connectivity index (χ1n) is 7.02. The van der Waals surface area contributed by atoms with Crippen LogP contribution in [0.15, 0.2) is 48.5 Å². The zero-order valence-corrected chi connectivity index (χ0v) is 12.3. The van der Waals surface area contributed by atoms with Gasteiger partial charge in [-0.05, 0) is 42.8 Å². The van der Waals surface area contributed by atoms with Crippen LogP contribution in [0.5, 0.6) is 5.75 Å². The van der Waals surface area contributed by atoms with Crippen LogP contribution >= 0.6 is 0 Å². The maximum Gasteiger partial charge on any atom is 0.255 e. The number of nitrogens with one attached hydrogen (secondary N) is 2. The van der Waals surface area contributed by atoms with Crippen molar-refractivity contribution in [1.82, 2.24) is 0 Å². The van der Waals surface area contributed by atoms with Crippen molar-refractivity contribution < 1.29 is 9.53 Å². The summed E-state index contributed by atoms with van der Waals surface area (Å²) in [4.78, 5) is 12.2. The minimum absolute atomic E-state index is 0.134. The first kappa shape index (κ1) is 14.9. The number of carbonyl (C=O) groups excluding carboxylic acids is 1. The number of benzene rings is 2. The Bertz CT molecular complexity index is 594. The van der Waals surface area contributed by atoms with Crippen molar-refractivity contribution in [2.75, 3.05) is 24.3 Å². The Labute approximate surface area is 125 Å². The normalized spacial score (nSPS) is 10.0. The number of hydrogen-bond donors (Lipinski definition) is 2. The van der Waals surface area contributed by atoms with E-state index in [4.69, 9.17) is 4.74 Å². The first-order chi connectivity index (χ1) is 10.2. The molecule has 0 heterocycles. The minimum Gasteiger partial charge on any atom is -0.497 e. The van der Waals surface area contributed by atoms with E-state index in [0.717, 1.165) is 18.7 Å². The maximum absolute atomic E-state index is 12.2. The van der Waals surface area contributed by atoms with Crippen LogP contribution in [0.1, 0.15) is 23.7 Å². The summed E-state index contributed by atoms with van der Waals surface area (Å²) in [5.41, 5.74) is 2.36. The Hall–Kier alpha value is -2.49. The second-order valence-electron chi connectivity index (χ2n) is 4.69. The molecular weight excluding hydrogens is 264 g/mol. The van der Waals surface area contributed by atoms with Crippen LogP contribution in [-0.2, 0) is 0 Å². The lowest BCUT2D eigenvalue weighted by Gasteiger charge is -2.08. The highest BCUT2D eigenvalue weighted by molar-refractivity contribution is 6.04. The van der Waals surface area contributed by atoms with E-state index in [1.54, 1.807) is 13.2 Å². The van der Waals surface area contributed by atoms with E-state index in [1.165, 1.54) is 0 Å². The van der Waals surface area contributed by atoms with Gasteiger partial charge in [0, 0.05) is 29.5 Å². The molecule has 0 unspecified atom stereocenters. The smallest absolute Gasteiger partial charge is 0.255 e. The van der Waals surface area contributed by atoms with Gasteiger partial charge in [-0.25, -0.2) is 0 Å². The van der Waals surface area contributed by atoms with Gasteiger partial charge >= 0.3 is 0 Å². The second kappa shape index (κ2) is 7.33. The van der Waals surface area contributed by atoms with Gasteiger partial charge in [-0.3, -0.25) is 4.79 Å². The van der Waals surface area contributed by atoms with E-state index in [-0.39, 0.29) is 5.91 Å². The van der Waals surface area contributed by atoms with E-state index in [9.17, 15) is 4.79 Å². The van der Waals surface area contributed by atoms with Gasteiger partial charge in [-0.15, -0.1) is 0 Å². The molecule has 0 atom stereocenters. The van der Waals surface area contributed by atoms with Crippen LogP contribution in [0.25, 0.3) is 0 Å². The molecule has 0 aliphatic carbocycles. The number of anilines is 2. The van der Waals surface area contributed by atoms with Crippen molar-refractivity contribution in [3.05, 3.63) is 54.1 Å². The molecule has 0 radical (unpaired) electrons. The molecule has 0 saturated heterocycles. The highest BCUT2D eigenvalue weighted by Crippen LogP contribution is 2.18. The maximum atomic E-state index is 12.2. The third-order valence-corrected chi connectivity index (χ3v) is 3.05. The number of carbonyl (C=O) groups is 1. The Balaban J connectivity index is 2.02. The molecule has 2 N–H and O–H groups in total. The fourth-order valence-electron chi connectivity index (χ4n) is 1.91. The molecule has 21 heavy (non-hydrogen) atoms. The lowest BCUT2D eigenvalue weighted by atomic mass is 10.2. The van der Waals surface area contributed by atoms with Gasteiger partial charge in [0.15, 0.2) is 0 Å². The monoisotopic (exact) mass is 284 g/mol. The van der Waals surface area contributed by atoms with E-state index in [2.05, 4.69) is 17.6 Å². The van der Waals surface area contributed by atoms with Crippen molar-refractivity contribution >= 4 is 17.3 Å². The van der Waals surface area contributed by atoms with Crippen molar-refractivity contribution in [3.8, 4) is 5.75 Å². The molecule has 1 amide bonds. The third kappa shape index (κ3) is 4.24. The second-order valence-corrected chi connectivity index (χ2v) is 4.69. The van der Waals surface area contributed by atoms with Crippen molar-refractivity contribution in [2.45, 2.75) is 13.3 Å². The van der Waals surface area contributed by atoms with Gasteiger partial charge in [-0.1, -0.05) is 13.0 Å². The Kier molecular flexibility index (Phi) is 5.21. The van der Waals surface area contributed by atoms with Crippen molar-refractivity contribution in [3.63, 3.8) is 0 Å². The lowest BCUT2D eigenvalue weighted by Crippen LogP contribution is -2.12. The predicted octanol–water partition coefficient (Wildman–Crippen LogP) is 3.77. The molecule has 2 rings (SSSR count). The largest absolute Gasteiger partial charge is 0.497 e. The van der Waals surface area contributed by atoms with Gasteiger partial charge in [0.25, 0.3) is 5.91 Å². The topological polar surface area (TPSA) is 50.4 Å². The molecular formula is C17H20N2O2. The summed E-state index contributed by atoms with van der Waals surface area (Å²) in [5.74, 6) is 0.581. The summed E-state index contributed by atoms with van der Waals surface area (Å²) in [5, 5.41) is 6.13. The quantitative estimate of drug-likeness (QED) is 0.849. The van der Waals surface area contributed by atoms with Gasteiger partial charge < -0.3 is 15.4 Å². The number of amides is 1. The molecule has 0 aromatic heterocycles. The molecule has 4 heteroatoms. The van der Waals surface area contributed by atoms with Gasteiger partial charge in [0.1, 0.15) is 5.75 Å². The van der Waals surface area contributed by atoms with Crippen molar-refractivity contribution in [1.29, 1.82) is 0 Å². The summed E-state index contributed by atoms with van der Waals surface area (Å²) in [6, 6.07) is 14.7. The van der Waals surface area contributed by atoms with Crippen LogP contribution in [0.3, 0.4) is 0 Å². The van der Waals surface area contributed by atoms with Crippen LogP contribution in [-0.4, -0.2) is 19.6 Å². The van der Waals surface area contributed by atoms with E-state index in [1.807, 2.05) is 42.5 Å². The summed E-state index contributed by atoms with van der Waals surface area (Å²) >= 11 is 0. The van der Waals surface area contributed by atoms with Gasteiger partial charge in [0.2, 0.25) is 0 Å². The summed E-state index contributed by atoms with van der Waals surface area (Å²) in [6.45, 7) is 3.04. The van der Waals surface area contributed by atoms with E-state index < -0.39 is 0 Å². The van der Waals surface area contributed by atoms with Gasteiger partial charge in [-0.2, -0.15) is 0 Å². The SMILES string of the molecule is CCCNc1ccc(C(=O)Nc2cccc(OC)c2)cc1. The van der Waals surface area contributed by atoms with Gasteiger partial charge in [0.05, 0.1) is 7.11 Å². The molecule has 0 aliphatic rings. The molecule has 2 aromatic carbocycles. The molecule has 0 fully saturated rings. The molecule has 4 nitrogen and oxygen atoms in total. The molecule has 2 aromatic rings. The highest BCUT2D eigenvalue weighted by atomic mass is 16.5. The van der Waals surface area contributed by atoms with E-state index in [0.29, 0.717) is 17.0 Å². The fourth-order valence-corrected chi connectivity index (χ4v) is 1.91. The average molecular weight is 284 g/mol. The highest BCUT2D eigenvalue weighted by Gasteiger charge is 2.06. The Morgan fingerprint density at radius 1 is 1.10 bits per heavy atom. The number of ether oxygens (including phenoxy) is 1. The van der Waals surface area contributed by atoms with Crippen LogP contribution in [0, 0.1) is 0 Å². The van der Waals surface area contributed by atoms with Crippen LogP contribution in [0.2, 0.25) is 0 Å². The average Bonchev–Trinajstić information content (AvgIpc) is 2.53. The Morgan fingerprint density at radius 2 is 1.86 bits per heavy atom. The number of methoxy groups -OCH3 is 1. The number of hydrogen-bond acceptors (Lipinski definition) is 3. The third-order valence-electron chi connectivity index (χ3n) is 3.05. The molecule has 0 bridgehead atoms. The molecule has 0 aliphatic heterocycles. The van der Waals surface area contributed by atoms with E-state index >= 15 is 0 Å².